The van der Waals surface area contributed by atoms with E-state index in [0.29, 0.717) is 18.2 Å². The van der Waals surface area contributed by atoms with Crippen LogP contribution in [-0.2, 0) is 0 Å². The number of amidine groups is 1. The van der Waals surface area contributed by atoms with Crippen LogP contribution in [-0.4, -0.2) is 59.4 Å². The summed E-state index contributed by atoms with van der Waals surface area (Å²) in [7, 11) is 0. The number of hydrogen-bond donors (Lipinski definition) is 0. The Morgan fingerprint density at radius 3 is 2.71 bits per heavy atom. The molecule has 0 aliphatic carbocycles. The second-order valence-electron chi connectivity index (χ2n) is 9.61. The van der Waals surface area contributed by atoms with Gasteiger partial charge in [-0.05, 0) is 56.9 Å². The first-order valence-corrected chi connectivity index (χ1v) is 12.1. The molecule has 6 heteroatoms. The highest BCUT2D eigenvalue weighted by molar-refractivity contribution is 6.16. The monoisotopic (exact) mass is 458 g/mol. The molecule has 2 aromatic carbocycles. The van der Waals surface area contributed by atoms with Crippen LogP contribution in [0.2, 0.25) is 0 Å². The minimum atomic E-state index is -0.577. The Labute approximate surface area is 201 Å². The number of rotatable bonds is 3. The molecule has 0 radical (unpaired) electrons. The van der Waals surface area contributed by atoms with Crippen LogP contribution in [0.3, 0.4) is 0 Å². The second kappa shape index (κ2) is 9.23. The first-order chi connectivity index (χ1) is 16.5. The lowest BCUT2D eigenvalue weighted by atomic mass is 9.80. The minimum Gasteiger partial charge on any atom is -0.357 e. The largest absolute Gasteiger partial charge is 0.357 e. The molecule has 5 rings (SSSR count). The maximum atomic E-state index is 14.2. The zero-order chi connectivity index (χ0) is 23.7. The fraction of sp³-hybridized carbons (Fsp3) is 0.429. The average molecular weight is 459 g/mol. The van der Waals surface area contributed by atoms with E-state index in [0.717, 1.165) is 44.7 Å². The Morgan fingerprint density at radius 1 is 1.15 bits per heavy atom. The summed E-state index contributed by atoms with van der Waals surface area (Å²) in [6.07, 6.45) is 2.52. The molecule has 2 amide bonds. The van der Waals surface area contributed by atoms with E-state index in [9.17, 15) is 9.18 Å². The zero-order valence-electron chi connectivity index (χ0n) is 19.9. The Balaban J connectivity index is 1.49. The van der Waals surface area contributed by atoms with Gasteiger partial charge in [0, 0.05) is 37.3 Å². The molecule has 0 aromatic heterocycles. The standard InChI is InChI=1S/C28H31FN4O/c1-3-4-15-31-17-14-28(19-21(31)2)26(30-27(34)33(28)25-12-8-11-24(29)18-25)32-16-13-23(20-32)22-9-6-5-7-10-22/h5-12,18,21,23H,13-17,19-20H2,1-2H3. The molecule has 3 atom stereocenters. The van der Waals surface area contributed by atoms with E-state index < -0.39 is 5.54 Å². The van der Waals surface area contributed by atoms with Crippen LogP contribution in [0.25, 0.3) is 0 Å². The number of nitrogens with zero attached hydrogens (tertiary/aromatic N) is 4. The molecule has 176 valence electrons. The Bertz CT molecular complexity index is 1150. The van der Waals surface area contributed by atoms with E-state index in [2.05, 4.69) is 57.8 Å². The van der Waals surface area contributed by atoms with E-state index in [1.165, 1.54) is 17.7 Å². The third kappa shape index (κ3) is 3.99. The number of likely N-dealkylation sites (tertiary alicyclic amines) is 2. The van der Waals surface area contributed by atoms with Gasteiger partial charge in [0.25, 0.3) is 0 Å². The molecule has 3 aliphatic rings. The van der Waals surface area contributed by atoms with Crippen LogP contribution in [0.4, 0.5) is 14.9 Å². The van der Waals surface area contributed by atoms with Gasteiger partial charge in [-0.15, -0.1) is 5.92 Å². The highest BCUT2D eigenvalue weighted by Gasteiger charge is 2.55. The van der Waals surface area contributed by atoms with E-state index in [4.69, 9.17) is 0 Å². The first-order valence-electron chi connectivity index (χ1n) is 12.1. The molecule has 0 saturated carbocycles. The van der Waals surface area contributed by atoms with Gasteiger partial charge in [-0.2, -0.15) is 4.99 Å². The molecule has 34 heavy (non-hydrogen) atoms. The SMILES string of the molecule is CC#CCN1CCC2(CC1C)C(N1CCC(c3ccccc3)C1)=NC(=O)N2c1cccc(F)c1. The van der Waals surface area contributed by atoms with E-state index >= 15 is 0 Å². The predicted octanol–water partition coefficient (Wildman–Crippen LogP) is 4.90. The Hall–Kier alpha value is -3.17. The van der Waals surface area contributed by atoms with Crippen LogP contribution < -0.4 is 4.90 Å². The lowest BCUT2D eigenvalue weighted by Gasteiger charge is -2.49. The van der Waals surface area contributed by atoms with Gasteiger partial charge in [-0.1, -0.05) is 42.3 Å². The van der Waals surface area contributed by atoms with E-state index in [1.807, 2.05) is 19.1 Å². The number of halogens is 1. The molecular formula is C28H31FN4O. The molecule has 3 aliphatic heterocycles. The lowest BCUT2D eigenvalue weighted by molar-refractivity contribution is 0.142. The molecule has 5 nitrogen and oxygen atoms in total. The molecular weight excluding hydrogens is 427 g/mol. The van der Waals surface area contributed by atoms with Crippen molar-refractivity contribution in [3.63, 3.8) is 0 Å². The van der Waals surface area contributed by atoms with Crippen molar-refractivity contribution in [3.8, 4) is 11.8 Å². The van der Waals surface area contributed by atoms with Gasteiger partial charge in [-0.25, -0.2) is 9.18 Å². The van der Waals surface area contributed by atoms with Crippen molar-refractivity contribution < 1.29 is 9.18 Å². The van der Waals surface area contributed by atoms with Gasteiger partial charge in [0.05, 0.1) is 6.54 Å². The zero-order valence-corrected chi connectivity index (χ0v) is 19.9. The maximum Gasteiger partial charge on any atom is 0.350 e. The van der Waals surface area contributed by atoms with Crippen LogP contribution in [0, 0.1) is 17.7 Å². The summed E-state index contributed by atoms with van der Waals surface area (Å²) < 4.78 is 14.2. The number of benzene rings is 2. The Morgan fingerprint density at radius 2 is 1.97 bits per heavy atom. The molecule has 2 saturated heterocycles. The predicted molar refractivity (Wildman–Crippen MR) is 134 cm³/mol. The van der Waals surface area contributed by atoms with Gasteiger partial charge >= 0.3 is 6.03 Å². The Kier molecular flexibility index (Phi) is 6.14. The number of hydrogen-bond acceptors (Lipinski definition) is 3. The van der Waals surface area contributed by atoms with Crippen LogP contribution >= 0.6 is 0 Å². The summed E-state index contributed by atoms with van der Waals surface area (Å²) >= 11 is 0. The van der Waals surface area contributed by atoms with Gasteiger partial charge in [0.1, 0.15) is 17.2 Å². The number of amides is 2. The summed E-state index contributed by atoms with van der Waals surface area (Å²) in [6.45, 7) is 7.29. The van der Waals surface area contributed by atoms with Crippen molar-refractivity contribution in [2.75, 3.05) is 31.1 Å². The molecule has 0 N–H and O–H groups in total. The number of carbonyl (C=O) groups is 1. The van der Waals surface area contributed by atoms with Crippen LogP contribution in [0.5, 0.6) is 0 Å². The van der Waals surface area contributed by atoms with Crippen molar-refractivity contribution >= 4 is 17.6 Å². The second-order valence-corrected chi connectivity index (χ2v) is 9.61. The summed E-state index contributed by atoms with van der Waals surface area (Å²) in [4.78, 5) is 24.5. The molecule has 3 unspecified atom stereocenters. The highest BCUT2D eigenvalue weighted by atomic mass is 19.1. The number of urea groups is 1. The summed E-state index contributed by atoms with van der Waals surface area (Å²) in [5.74, 6) is 7.09. The van der Waals surface area contributed by atoms with Crippen molar-refractivity contribution in [2.45, 2.75) is 50.6 Å². The van der Waals surface area contributed by atoms with Crippen molar-refractivity contribution in [1.29, 1.82) is 0 Å². The maximum absolute atomic E-state index is 14.2. The first kappa shape index (κ1) is 22.6. The van der Waals surface area contributed by atoms with E-state index in [1.54, 1.807) is 11.0 Å². The smallest absolute Gasteiger partial charge is 0.350 e. The van der Waals surface area contributed by atoms with Crippen molar-refractivity contribution in [2.24, 2.45) is 4.99 Å². The third-order valence-electron chi connectivity index (χ3n) is 7.59. The molecule has 1 spiro atoms. The molecule has 0 bridgehead atoms. The molecule has 3 heterocycles. The lowest BCUT2D eigenvalue weighted by Crippen LogP contribution is -2.63. The van der Waals surface area contributed by atoms with Crippen molar-refractivity contribution in [1.82, 2.24) is 9.80 Å². The van der Waals surface area contributed by atoms with Gasteiger partial charge in [0.2, 0.25) is 0 Å². The van der Waals surface area contributed by atoms with Crippen LogP contribution in [0.1, 0.15) is 44.6 Å². The van der Waals surface area contributed by atoms with Gasteiger partial charge < -0.3 is 4.90 Å². The van der Waals surface area contributed by atoms with Crippen LogP contribution in [0.15, 0.2) is 59.6 Å². The number of carbonyl (C=O) groups excluding carboxylic acids is 1. The van der Waals surface area contributed by atoms with Gasteiger partial charge in [-0.3, -0.25) is 9.80 Å². The van der Waals surface area contributed by atoms with Gasteiger partial charge in [0.15, 0.2) is 0 Å². The van der Waals surface area contributed by atoms with E-state index in [-0.39, 0.29) is 17.9 Å². The topological polar surface area (TPSA) is 39.1 Å². The number of aliphatic imine (C=N–C) groups is 1. The normalized spacial score (nSPS) is 27.1. The number of anilines is 1. The molecule has 2 aromatic rings. The fourth-order valence-electron chi connectivity index (χ4n) is 5.91. The number of piperidine rings is 1. The summed E-state index contributed by atoms with van der Waals surface area (Å²) in [5.41, 5.74) is 1.33. The fourth-order valence-corrected chi connectivity index (χ4v) is 5.91. The van der Waals surface area contributed by atoms with Crippen molar-refractivity contribution in [3.05, 3.63) is 66.0 Å². The highest BCUT2D eigenvalue weighted by Crippen LogP contribution is 2.43. The average Bonchev–Trinajstić information content (AvgIpc) is 3.42. The minimum absolute atomic E-state index is 0.217. The summed E-state index contributed by atoms with van der Waals surface area (Å²) in [5, 5.41) is 0. The summed E-state index contributed by atoms with van der Waals surface area (Å²) in [6, 6.07) is 16.8. The third-order valence-corrected chi connectivity index (χ3v) is 7.59. The molecule has 2 fully saturated rings. The quantitative estimate of drug-likeness (QED) is 0.614.